The molecule has 7 nitrogen and oxygen atoms in total. The molecule has 2 aromatic carbocycles. The summed E-state index contributed by atoms with van der Waals surface area (Å²) in [5, 5.41) is 14.5. The Kier molecular flexibility index (Phi) is 7.52. The van der Waals surface area contributed by atoms with Gasteiger partial charge in [-0.25, -0.2) is 0 Å². The Bertz CT molecular complexity index is 1140. The molecule has 2 heterocycles. The van der Waals surface area contributed by atoms with E-state index in [4.69, 9.17) is 14.2 Å². The third kappa shape index (κ3) is 5.49. The van der Waals surface area contributed by atoms with Crippen LogP contribution in [0.15, 0.2) is 53.5 Å². The minimum atomic E-state index is -0.505. The molecule has 1 aromatic heterocycles. The van der Waals surface area contributed by atoms with Crippen molar-refractivity contribution in [2.75, 3.05) is 26.9 Å². The maximum atomic E-state index is 13.2. The maximum absolute atomic E-state index is 13.2. The summed E-state index contributed by atoms with van der Waals surface area (Å²) in [5.74, 6) is 1.89. The Hall–Kier alpha value is -3.03. The van der Waals surface area contributed by atoms with Crippen molar-refractivity contribution in [2.24, 2.45) is 0 Å². The molecule has 2 atom stereocenters. The van der Waals surface area contributed by atoms with Gasteiger partial charge in [-0.3, -0.25) is 9.36 Å². The third-order valence-corrected chi connectivity index (χ3v) is 6.10. The molecule has 0 saturated carbocycles. The molecule has 1 saturated heterocycles. The summed E-state index contributed by atoms with van der Waals surface area (Å²) in [4.78, 5) is 13.2. The molecule has 0 amide bonds. The van der Waals surface area contributed by atoms with Gasteiger partial charge in [-0.15, -0.1) is 0 Å². The van der Waals surface area contributed by atoms with Crippen molar-refractivity contribution in [1.82, 2.24) is 9.88 Å². The minimum Gasteiger partial charge on any atom is -0.493 e. The number of benzene rings is 2. The SMILES string of the molecule is CC[C@@H](O)COc1ccc2c(=O)n(-c3ccc(OCCC4CCCN4)c(OC)c3)ccc2c1. The number of methoxy groups -OCH3 is 1. The number of pyridine rings is 1. The van der Waals surface area contributed by atoms with E-state index >= 15 is 0 Å². The van der Waals surface area contributed by atoms with Crippen LogP contribution in [0, 0.1) is 0 Å². The molecule has 0 spiro atoms. The van der Waals surface area contributed by atoms with Crippen LogP contribution < -0.4 is 25.1 Å². The Morgan fingerprint density at radius 2 is 2.03 bits per heavy atom. The zero-order chi connectivity index (χ0) is 23.2. The van der Waals surface area contributed by atoms with E-state index in [1.165, 1.54) is 12.8 Å². The first-order valence-electron chi connectivity index (χ1n) is 11.6. The highest BCUT2D eigenvalue weighted by atomic mass is 16.5. The van der Waals surface area contributed by atoms with Crippen molar-refractivity contribution >= 4 is 10.8 Å². The van der Waals surface area contributed by atoms with Crippen LogP contribution in [0.25, 0.3) is 16.5 Å². The lowest BCUT2D eigenvalue weighted by Gasteiger charge is -2.15. The van der Waals surface area contributed by atoms with E-state index in [1.54, 1.807) is 30.0 Å². The number of rotatable bonds is 10. The van der Waals surface area contributed by atoms with E-state index < -0.39 is 6.10 Å². The first-order chi connectivity index (χ1) is 16.1. The molecule has 7 heteroatoms. The summed E-state index contributed by atoms with van der Waals surface area (Å²) in [6.45, 7) is 3.82. The summed E-state index contributed by atoms with van der Waals surface area (Å²) in [6.07, 6.45) is 5.24. The van der Waals surface area contributed by atoms with Crippen LogP contribution >= 0.6 is 0 Å². The average Bonchev–Trinajstić information content (AvgIpc) is 3.36. The number of hydrogen-bond donors (Lipinski definition) is 2. The molecular formula is C26H32N2O5. The molecule has 4 rings (SSSR count). The van der Waals surface area contributed by atoms with E-state index in [-0.39, 0.29) is 12.2 Å². The lowest BCUT2D eigenvalue weighted by Crippen LogP contribution is -2.23. The summed E-state index contributed by atoms with van der Waals surface area (Å²) < 4.78 is 18.7. The van der Waals surface area contributed by atoms with Gasteiger partial charge in [0.25, 0.3) is 5.56 Å². The van der Waals surface area contributed by atoms with E-state index in [0.29, 0.717) is 47.4 Å². The molecule has 176 valence electrons. The molecule has 2 N–H and O–H groups in total. The largest absolute Gasteiger partial charge is 0.493 e. The fourth-order valence-corrected chi connectivity index (χ4v) is 4.07. The van der Waals surface area contributed by atoms with Crippen LogP contribution in [0.5, 0.6) is 17.2 Å². The highest BCUT2D eigenvalue weighted by Gasteiger charge is 2.15. The molecule has 0 aliphatic carbocycles. The van der Waals surface area contributed by atoms with Crippen molar-refractivity contribution in [1.29, 1.82) is 0 Å². The monoisotopic (exact) mass is 452 g/mol. The normalized spacial score (nSPS) is 16.6. The van der Waals surface area contributed by atoms with Gasteiger partial charge in [0.2, 0.25) is 0 Å². The minimum absolute atomic E-state index is 0.129. The molecule has 3 aromatic rings. The van der Waals surface area contributed by atoms with E-state index in [2.05, 4.69) is 5.32 Å². The highest BCUT2D eigenvalue weighted by molar-refractivity contribution is 5.83. The predicted octanol–water partition coefficient (Wildman–Crippen LogP) is 3.67. The number of ether oxygens (including phenoxy) is 3. The number of aliphatic hydroxyl groups is 1. The average molecular weight is 453 g/mol. The van der Waals surface area contributed by atoms with Crippen molar-refractivity contribution in [3.8, 4) is 22.9 Å². The molecule has 1 fully saturated rings. The standard InChI is InChI=1S/C26H32N2O5/c1-3-21(29)17-33-22-7-8-23-18(15-22)10-13-28(26(23)30)20-6-9-24(25(16-20)31-2)32-14-11-19-5-4-12-27-19/h6-10,13,15-16,19,21,27,29H,3-5,11-12,14,17H2,1-2H3/t19?,21-/m1/s1. The van der Waals surface area contributed by atoms with E-state index in [0.717, 1.165) is 18.4 Å². The Morgan fingerprint density at radius 1 is 1.15 bits per heavy atom. The third-order valence-electron chi connectivity index (χ3n) is 6.10. The second kappa shape index (κ2) is 10.7. The summed E-state index contributed by atoms with van der Waals surface area (Å²) in [7, 11) is 1.60. The van der Waals surface area contributed by atoms with Gasteiger partial charge in [0, 0.05) is 23.7 Å². The van der Waals surface area contributed by atoms with Gasteiger partial charge in [-0.1, -0.05) is 6.92 Å². The van der Waals surface area contributed by atoms with E-state index in [9.17, 15) is 9.90 Å². The van der Waals surface area contributed by atoms with Crippen LogP contribution in [-0.4, -0.2) is 48.7 Å². The van der Waals surface area contributed by atoms with Gasteiger partial charge in [-0.2, -0.15) is 0 Å². The summed E-state index contributed by atoms with van der Waals surface area (Å²) >= 11 is 0. The van der Waals surface area contributed by atoms with Gasteiger partial charge in [0.1, 0.15) is 12.4 Å². The molecule has 1 aliphatic rings. The summed E-state index contributed by atoms with van der Waals surface area (Å²) in [6, 6.07) is 13.3. The van der Waals surface area contributed by atoms with Crippen molar-refractivity contribution < 1.29 is 19.3 Å². The van der Waals surface area contributed by atoms with E-state index in [1.807, 2.05) is 37.3 Å². The van der Waals surface area contributed by atoms with Gasteiger partial charge in [0.05, 0.1) is 25.5 Å². The van der Waals surface area contributed by atoms with Gasteiger partial charge >= 0.3 is 0 Å². The first kappa shape index (κ1) is 23.1. The molecule has 0 bridgehead atoms. The Morgan fingerprint density at radius 3 is 2.79 bits per heavy atom. The Balaban J connectivity index is 1.52. The Labute approximate surface area is 193 Å². The van der Waals surface area contributed by atoms with Crippen LogP contribution in [0.4, 0.5) is 0 Å². The van der Waals surface area contributed by atoms with Crippen molar-refractivity contribution in [3.63, 3.8) is 0 Å². The molecule has 1 aliphatic heterocycles. The second-order valence-corrected chi connectivity index (χ2v) is 8.38. The smallest absolute Gasteiger partial charge is 0.262 e. The number of aromatic nitrogens is 1. The number of aliphatic hydroxyl groups excluding tert-OH is 1. The fraction of sp³-hybridized carbons (Fsp3) is 0.423. The zero-order valence-electron chi connectivity index (χ0n) is 19.3. The molecule has 1 unspecified atom stereocenters. The lowest BCUT2D eigenvalue weighted by molar-refractivity contribution is 0.104. The molecular weight excluding hydrogens is 420 g/mol. The number of hydrogen-bond acceptors (Lipinski definition) is 6. The number of nitrogens with zero attached hydrogens (tertiary/aromatic N) is 1. The van der Waals surface area contributed by atoms with Crippen LogP contribution in [-0.2, 0) is 0 Å². The molecule has 33 heavy (non-hydrogen) atoms. The van der Waals surface area contributed by atoms with Crippen molar-refractivity contribution in [2.45, 2.75) is 44.8 Å². The van der Waals surface area contributed by atoms with Crippen molar-refractivity contribution in [3.05, 3.63) is 59.0 Å². The predicted molar refractivity (Wildman–Crippen MR) is 129 cm³/mol. The van der Waals surface area contributed by atoms with Gasteiger partial charge < -0.3 is 24.6 Å². The quantitative estimate of drug-likeness (QED) is 0.489. The van der Waals surface area contributed by atoms with Gasteiger partial charge in [0.15, 0.2) is 11.5 Å². The summed E-state index contributed by atoms with van der Waals surface area (Å²) in [5.41, 5.74) is 0.575. The zero-order valence-corrected chi connectivity index (χ0v) is 19.3. The lowest BCUT2D eigenvalue weighted by atomic mass is 10.1. The van der Waals surface area contributed by atoms with Crippen LogP contribution in [0.3, 0.4) is 0 Å². The fourth-order valence-electron chi connectivity index (χ4n) is 4.07. The van der Waals surface area contributed by atoms with Gasteiger partial charge in [-0.05, 0) is 74.0 Å². The first-order valence-corrected chi connectivity index (χ1v) is 11.6. The molecule has 0 radical (unpaired) electrons. The number of fused-ring (bicyclic) bond motifs is 1. The second-order valence-electron chi connectivity index (χ2n) is 8.38. The van der Waals surface area contributed by atoms with Crippen LogP contribution in [0.2, 0.25) is 0 Å². The topological polar surface area (TPSA) is 82.0 Å². The van der Waals surface area contributed by atoms with Crippen LogP contribution in [0.1, 0.15) is 32.6 Å². The maximum Gasteiger partial charge on any atom is 0.262 e. The number of nitrogens with one attached hydrogen (secondary N) is 1. The highest BCUT2D eigenvalue weighted by Crippen LogP contribution is 2.30.